The number of hydrogen-bond acceptors (Lipinski definition) is 1. The molecule has 0 spiro atoms. The summed E-state index contributed by atoms with van der Waals surface area (Å²) in [6, 6.07) is 0. The SMILES string of the molecule is CCCCC1C[C@H]1[C@H](OC)C1CCCCC1. The number of methoxy groups -OCH3 is 1. The summed E-state index contributed by atoms with van der Waals surface area (Å²) in [6.07, 6.45) is 13.5. The largest absolute Gasteiger partial charge is 0.381 e. The van der Waals surface area contributed by atoms with Gasteiger partial charge in [-0.15, -0.1) is 0 Å². The summed E-state index contributed by atoms with van der Waals surface area (Å²) >= 11 is 0. The predicted octanol–water partition coefficient (Wildman–Crippen LogP) is 4.41. The molecule has 2 aliphatic rings. The molecule has 0 aliphatic heterocycles. The minimum Gasteiger partial charge on any atom is -0.381 e. The molecule has 0 aromatic rings. The van der Waals surface area contributed by atoms with Crippen molar-refractivity contribution in [3.05, 3.63) is 0 Å². The fourth-order valence-corrected chi connectivity index (χ4v) is 3.65. The summed E-state index contributed by atoms with van der Waals surface area (Å²) in [4.78, 5) is 0. The second-order valence-electron chi connectivity index (χ2n) is 5.90. The zero-order valence-corrected chi connectivity index (χ0v) is 11.1. The number of rotatable bonds is 6. The summed E-state index contributed by atoms with van der Waals surface area (Å²) in [7, 11) is 1.94. The smallest absolute Gasteiger partial charge is 0.0630 e. The lowest BCUT2D eigenvalue weighted by molar-refractivity contribution is 0.0162. The summed E-state index contributed by atoms with van der Waals surface area (Å²) < 4.78 is 5.82. The van der Waals surface area contributed by atoms with Crippen molar-refractivity contribution in [1.29, 1.82) is 0 Å². The van der Waals surface area contributed by atoms with Crippen LogP contribution in [0.1, 0.15) is 64.7 Å². The Labute approximate surface area is 101 Å². The minimum atomic E-state index is 0.599. The van der Waals surface area contributed by atoms with Crippen LogP contribution >= 0.6 is 0 Å². The van der Waals surface area contributed by atoms with E-state index in [-0.39, 0.29) is 0 Å². The maximum absolute atomic E-state index is 5.82. The van der Waals surface area contributed by atoms with E-state index in [0.717, 1.165) is 17.8 Å². The van der Waals surface area contributed by atoms with Gasteiger partial charge in [-0.3, -0.25) is 0 Å². The van der Waals surface area contributed by atoms with Gasteiger partial charge in [0.1, 0.15) is 0 Å². The second-order valence-corrected chi connectivity index (χ2v) is 5.90. The van der Waals surface area contributed by atoms with Crippen LogP contribution in [0.5, 0.6) is 0 Å². The van der Waals surface area contributed by atoms with Gasteiger partial charge >= 0.3 is 0 Å². The third-order valence-corrected chi connectivity index (χ3v) is 4.71. The van der Waals surface area contributed by atoms with E-state index in [0.29, 0.717) is 6.10 Å². The van der Waals surface area contributed by atoms with E-state index in [4.69, 9.17) is 4.74 Å². The lowest BCUT2D eigenvalue weighted by Gasteiger charge is -2.29. The van der Waals surface area contributed by atoms with Gasteiger partial charge in [-0.05, 0) is 37.0 Å². The van der Waals surface area contributed by atoms with Crippen LogP contribution in [0, 0.1) is 17.8 Å². The van der Waals surface area contributed by atoms with E-state index in [9.17, 15) is 0 Å². The molecule has 2 saturated carbocycles. The molecular formula is C15H28O. The highest BCUT2D eigenvalue weighted by atomic mass is 16.5. The van der Waals surface area contributed by atoms with E-state index in [2.05, 4.69) is 6.92 Å². The van der Waals surface area contributed by atoms with Crippen molar-refractivity contribution in [3.63, 3.8) is 0 Å². The molecule has 0 amide bonds. The van der Waals surface area contributed by atoms with Crippen LogP contribution in [0.2, 0.25) is 0 Å². The fourth-order valence-electron chi connectivity index (χ4n) is 3.65. The maximum Gasteiger partial charge on any atom is 0.0630 e. The van der Waals surface area contributed by atoms with Crippen molar-refractivity contribution in [2.24, 2.45) is 17.8 Å². The normalized spacial score (nSPS) is 32.6. The molecule has 3 atom stereocenters. The highest BCUT2D eigenvalue weighted by Gasteiger charge is 2.45. The molecule has 2 fully saturated rings. The summed E-state index contributed by atoms with van der Waals surface area (Å²) in [5.74, 6) is 2.81. The quantitative estimate of drug-likeness (QED) is 0.649. The van der Waals surface area contributed by atoms with E-state index in [1.165, 1.54) is 57.8 Å². The molecule has 0 bridgehead atoms. The molecule has 0 aromatic carbocycles. The first-order valence-corrected chi connectivity index (χ1v) is 7.39. The lowest BCUT2D eigenvalue weighted by atomic mass is 9.83. The Balaban J connectivity index is 1.77. The van der Waals surface area contributed by atoms with E-state index in [1.54, 1.807) is 0 Å². The van der Waals surface area contributed by atoms with E-state index in [1.807, 2.05) is 7.11 Å². The van der Waals surface area contributed by atoms with Gasteiger partial charge in [0.2, 0.25) is 0 Å². The van der Waals surface area contributed by atoms with Gasteiger partial charge in [-0.25, -0.2) is 0 Å². The fraction of sp³-hybridized carbons (Fsp3) is 1.00. The van der Waals surface area contributed by atoms with E-state index >= 15 is 0 Å². The van der Waals surface area contributed by atoms with Crippen molar-refractivity contribution in [1.82, 2.24) is 0 Å². The minimum absolute atomic E-state index is 0.599. The van der Waals surface area contributed by atoms with Gasteiger partial charge < -0.3 is 4.74 Å². The molecule has 1 heteroatoms. The summed E-state index contributed by atoms with van der Waals surface area (Å²) in [5, 5.41) is 0. The van der Waals surface area contributed by atoms with Crippen LogP contribution in [0.25, 0.3) is 0 Å². The molecule has 1 nitrogen and oxygen atoms in total. The van der Waals surface area contributed by atoms with Gasteiger partial charge in [0.15, 0.2) is 0 Å². The van der Waals surface area contributed by atoms with Gasteiger partial charge in [-0.2, -0.15) is 0 Å². The summed E-state index contributed by atoms with van der Waals surface area (Å²) in [6.45, 7) is 2.30. The Morgan fingerprint density at radius 3 is 2.56 bits per heavy atom. The van der Waals surface area contributed by atoms with E-state index < -0.39 is 0 Å². The lowest BCUT2D eigenvalue weighted by Crippen LogP contribution is -2.27. The summed E-state index contributed by atoms with van der Waals surface area (Å²) in [5.41, 5.74) is 0. The van der Waals surface area contributed by atoms with Crippen LogP contribution in [-0.4, -0.2) is 13.2 Å². The first-order chi connectivity index (χ1) is 7.86. The zero-order valence-electron chi connectivity index (χ0n) is 11.1. The monoisotopic (exact) mass is 224 g/mol. The van der Waals surface area contributed by atoms with Crippen molar-refractivity contribution in [2.45, 2.75) is 70.8 Å². The topological polar surface area (TPSA) is 9.23 Å². The average Bonchev–Trinajstić information content (AvgIpc) is 3.08. The third-order valence-electron chi connectivity index (χ3n) is 4.71. The first kappa shape index (κ1) is 12.4. The van der Waals surface area contributed by atoms with Crippen molar-refractivity contribution >= 4 is 0 Å². The first-order valence-electron chi connectivity index (χ1n) is 7.39. The number of ether oxygens (including phenoxy) is 1. The number of unbranched alkanes of at least 4 members (excludes halogenated alkanes) is 1. The molecular weight excluding hydrogens is 196 g/mol. The molecule has 16 heavy (non-hydrogen) atoms. The molecule has 2 aliphatic carbocycles. The van der Waals surface area contributed by atoms with Crippen molar-refractivity contribution in [2.75, 3.05) is 7.11 Å². The Morgan fingerprint density at radius 2 is 1.94 bits per heavy atom. The standard InChI is InChI=1S/C15H28O/c1-3-4-8-13-11-14(13)15(16-2)12-9-6-5-7-10-12/h12-15H,3-11H2,1-2H3/t13?,14-,15-/m1/s1. The maximum atomic E-state index is 5.82. The molecule has 2 rings (SSSR count). The van der Waals surface area contributed by atoms with Gasteiger partial charge in [0.05, 0.1) is 6.10 Å². The van der Waals surface area contributed by atoms with Crippen LogP contribution < -0.4 is 0 Å². The van der Waals surface area contributed by atoms with Gasteiger partial charge in [-0.1, -0.05) is 45.4 Å². The molecule has 0 N–H and O–H groups in total. The van der Waals surface area contributed by atoms with Gasteiger partial charge in [0, 0.05) is 7.11 Å². The van der Waals surface area contributed by atoms with Crippen LogP contribution in [0.4, 0.5) is 0 Å². The molecule has 0 aromatic heterocycles. The van der Waals surface area contributed by atoms with Crippen molar-refractivity contribution in [3.8, 4) is 0 Å². The average molecular weight is 224 g/mol. The second kappa shape index (κ2) is 6.05. The van der Waals surface area contributed by atoms with Gasteiger partial charge in [0.25, 0.3) is 0 Å². The zero-order chi connectivity index (χ0) is 11.4. The number of hydrogen-bond donors (Lipinski definition) is 0. The van der Waals surface area contributed by atoms with Crippen LogP contribution in [0.15, 0.2) is 0 Å². The Hall–Kier alpha value is -0.0400. The Kier molecular flexibility index (Phi) is 4.69. The molecule has 0 radical (unpaired) electrons. The molecule has 0 saturated heterocycles. The predicted molar refractivity (Wildman–Crippen MR) is 68.5 cm³/mol. The van der Waals surface area contributed by atoms with Crippen LogP contribution in [0.3, 0.4) is 0 Å². The highest BCUT2D eigenvalue weighted by Crippen LogP contribution is 2.49. The Morgan fingerprint density at radius 1 is 1.19 bits per heavy atom. The van der Waals surface area contributed by atoms with Crippen molar-refractivity contribution < 1.29 is 4.74 Å². The Bertz CT molecular complexity index is 196. The third kappa shape index (κ3) is 3.00. The molecule has 1 unspecified atom stereocenters. The molecule has 0 heterocycles. The molecule has 94 valence electrons. The highest BCUT2D eigenvalue weighted by molar-refractivity contribution is 4.95. The van der Waals surface area contributed by atoms with Crippen LogP contribution in [-0.2, 0) is 4.74 Å².